The van der Waals surface area contributed by atoms with Crippen LogP contribution >= 0.6 is 0 Å². The second-order valence-corrected chi connectivity index (χ2v) is 8.36. The molecule has 0 spiro atoms. The van der Waals surface area contributed by atoms with Gasteiger partial charge in [0.25, 0.3) is 11.8 Å². The molecule has 3 aromatic rings. The van der Waals surface area contributed by atoms with Crippen molar-refractivity contribution >= 4 is 9.84 Å². The molecule has 1 aromatic carbocycles. The van der Waals surface area contributed by atoms with Crippen LogP contribution < -0.4 is 0 Å². The lowest BCUT2D eigenvalue weighted by Crippen LogP contribution is -2.17. The lowest BCUT2D eigenvalue weighted by Gasteiger charge is -2.15. The van der Waals surface area contributed by atoms with Crippen LogP contribution in [-0.2, 0) is 16.3 Å². The molecule has 7 nitrogen and oxygen atoms in total. The van der Waals surface area contributed by atoms with E-state index in [2.05, 4.69) is 20.2 Å². The predicted molar refractivity (Wildman–Crippen MR) is 92.8 cm³/mol. The highest BCUT2D eigenvalue weighted by atomic mass is 32.2. The number of nitrogens with zero attached hydrogens (tertiary/aromatic N) is 4. The molecule has 0 radical (unpaired) electrons. The van der Waals surface area contributed by atoms with Crippen molar-refractivity contribution in [2.24, 2.45) is 0 Å². The standard InChI is InChI=1S/C17H15F3N4O3S/c1-28(25,26)9-11(10-2-4-13(18)5-3-10)6-14-21-7-12(8-22-14)16-23-24-17(27-16)15(19)20/h2-5,7-8,11,15H,6,9H2,1H3. The molecular formula is C17H15F3N4O3S. The molecule has 0 fully saturated rings. The topological polar surface area (TPSA) is 98.8 Å². The predicted octanol–water partition coefficient (Wildman–Crippen LogP) is 2.97. The molecule has 0 aliphatic heterocycles. The fourth-order valence-corrected chi connectivity index (χ4v) is 3.65. The van der Waals surface area contributed by atoms with Crippen LogP contribution in [0.3, 0.4) is 0 Å². The largest absolute Gasteiger partial charge is 0.415 e. The van der Waals surface area contributed by atoms with Gasteiger partial charge in [0.1, 0.15) is 21.5 Å². The van der Waals surface area contributed by atoms with Crippen molar-refractivity contribution in [3.05, 3.63) is 59.8 Å². The fourth-order valence-electron chi connectivity index (χ4n) is 2.60. The van der Waals surface area contributed by atoms with Crippen molar-refractivity contribution in [3.63, 3.8) is 0 Å². The molecule has 0 aliphatic carbocycles. The Hall–Kier alpha value is -2.82. The maximum atomic E-state index is 13.2. The summed E-state index contributed by atoms with van der Waals surface area (Å²) in [7, 11) is -3.31. The van der Waals surface area contributed by atoms with Gasteiger partial charge in [-0.25, -0.2) is 22.8 Å². The fraction of sp³-hybridized carbons (Fsp3) is 0.294. The summed E-state index contributed by atoms with van der Waals surface area (Å²) < 4.78 is 66.6. The van der Waals surface area contributed by atoms with Gasteiger partial charge in [0.05, 0.1) is 11.3 Å². The molecule has 2 aromatic heterocycles. The van der Waals surface area contributed by atoms with Crippen LogP contribution in [0.15, 0.2) is 41.1 Å². The molecule has 0 aliphatic rings. The first-order valence-electron chi connectivity index (χ1n) is 8.07. The molecule has 0 saturated carbocycles. The number of sulfone groups is 1. The zero-order valence-electron chi connectivity index (χ0n) is 14.6. The van der Waals surface area contributed by atoms with Crippen LogP contribution in [0.2, 0.25) is 0 Å². The maximum Gasteiger partial charge on any atom is 0.314 e. The second-order valence-electron chi connectivity index (χ2n) is 6.18. The SMILES string of the molecule is CS(=O)(=O)CC(Cc1ncc(-c2nnc(C(F)F)o2)cn1)c1ccc(F)cc1. The second kappa shape index (κ2) is 8.05. The van der Waals surface area contributed by atoms with Gasteiger partial charge in [-0.1, -0.05) is 12.1 Å². The van der Waals surface area contributed by atoms with Crippen molar-refractivity contribution in [2.75, 3.05) is 12.0 Å². The van der Waals surface area contributed by atoms with E-state index < -0.39 is 33.9 Å². The Kier molecular flexibility index (Phi) is 5.73. The van der Waals surface area contributed by atoms with Crippen LogP contribution in [0.25, 0.3) is 11.5 Å². The molecular weight excluding hydrogens is 397 g/mol. The van der Waals surface area contributed by atoms with Crippen molar-refractivity contribution in [1.29, 1.82) is 0 Å². The van der Waals surface area contributed by atoms with E-state index in [1.807, 2.05) is 0 Å². The van der Waals surface area contributed by atoms with Crippen LogP contribution in [-0.4, -0.2) is 40.6 Å². The van der Waals surface area contributed by atoms with Gasteiger partial charge in [-0.05, 0) is 17.7 Å². The molecule has 0 saturated heterocycles. The molecule has 0 N–H and O–H groups in total. The Morgan fingerprint density at radius 1 is 1.07 bits per heavy atom. The Bertz CT molecular complexity index is 1040. The molecule has 11 heteroatoms. The first kappa shape index (κ1) is 19.9. The minimum absolute atomic E-state index is 0.145. The Morgan fingerprint density at radius 2 is 1.71 bits per heavy atom. The zero-order valence-corrected chi connectivity index (χ0v) is 15.4. The summed E-state index contributed by atoms with van der Waals surface area (Å²) in [6, 6.07) is 5.54. The lowest BCUT2D eigenvalue weighted by molar-refractivity contribution is 0.116. The summed E-state index contributed by atoms with van der Waals surface area (Å²) in [5.41, 5.74) is 0.891. The minimum atomic E-state index is -3.31. The smallest absolute Gasteiger partial charge is 0.314 e. The quantitative estimate of drug-likeness (QED) is 0.588. The Balaban J connectivity index is 1.81. The van der Waals surface area contributed by atoms with Crippen molar-refractivity contribution < 1.29 is 26.0 Å². The van der Waals surface area contributed by atoms with Gasteiger partial charge in [0.15, 0.2) is 0 Å². The molecule has 0 bridgehead atoms. The van der Waals surface area contributed by atoms with Crippen LogP contribution in [0.1, 0.15) is 29.6 Å². The summed E-state index contributed by atoms with van der Waals surface area (Å²) in [4.78, 5) is 8.25. The monoisotopic (exact) mass is 412 g/mol. The highest BCUT2D eigenvalue weighted by Crippen LogP contribution is 2.24. The van der Waals surface area contributed by atoms with E-state index in [4.69, 9.17) is 4.42 Å². The number of alkyl halides is 2. The summed E-state index contributed by atoms with van der Waals surface area (Å²) in [6.45, 7) is 0. The number of hydrogen-bond donors (Lipinski definition) is 0. The molecule has 1 atom stereocenters. The van der Waals surface area contributed by atoms with E-state index in [9.17, 15) is 21.6 Å². The van der Waals surface area contributed by atoms with E-state index in [-0.39, 0.29) is 23.6 Å². The van der Waals surface area contributed by atoms with Crippen LogP contribution in [0, 0.1) is 5.82 Å². The van der Waals surface area contributed by atoms with Crippen molar-refractivity contribution in [1.82, 2.24) is 20.2 Å². The van der Waals surface area contributed by atoms with Gasteiger partial charge in [-0.2, -0.15) is 8.78 Å². The van der Waals surface area contributed by atoms with E-state index in [0.717, 1.165) is 6.26 Å². The zero-order chi connectivity index (χ0) is 20.3. The number of halogens is 3. The molecule has 148 valence electrons. The maximum absolute atomic E-state index is 13.2. The Morgan fingerprint density at radius 3 is 2.25 bits per heavy atom. The van der Waals surface area contributed by atoms with Gasteiger partial charge >= 0.3 is 6.43 Å². The number of hydrogen-bond acceptors (Lipinski definition) is 7. The minimum Gasteiger partial charge on any atom is -0.415 e. The highest BCUT2D eigenvalue weighted by molar-refractivity contribution is 7.90. The van der Waals surface area contributed by atoms with Crippen LogP contribution in [0.5, 0.6) is 0 Å². The average Bonchev–Trinajstić information content (AvgIpc) is 3.12. The molecule has 0 amide bonds. The molecule has 28 heavy (non-hydrogen) atoms. The van der Waals surface area contributed by atoms with Gasteiger partial charge < -0.3 is 4.42 Å². The van der Waals surface area contributed by atoms with E-state index in [0.29, 0.717) is 11.4 Å². The number of rotatable bonds is 7. The average molecular weight is 412 g/mol. The number of aromatic nitrogens is 4. The van der Waals surface area contributed by atoms with E-state index in [1.54, 1.807) is 0 Å². The third-order valence-electron chi connectivity index (χ3n) is 3.85. The Labute approximate surface area is 158 Å². The summed E-state index contributed by atoms with van der Waals surface area (Å²) in [6.07, 6.45) is 1.07. The third-order valence-corrected chi connectivity index (χ3v) is 4.86. The van der Waals surface area contributed by atoms with E-state index in [1.165, 1.54) is 36.7 Å². The summed E-state index contributed by atoms with van der Waals surface area (Å²) in [5, 5.41) is 6.74. The normalized spacial score (nSPS) is 13.0. The third kappa shape index (κ3) is 5.12. The van der Waals surface area contributed by atoms with Crippen molar-refractivity contribution in [3.8, 4) is 11.5 Å². The first-order chi connectivity index (χ1) is 13.2. The number of benzene rings is 1. The van der Waals surface area contributed by atoms with Gasteiger partial charge in [-0.3, -0.25) is 0 Å². The van der Waals surface area contributed by atoms with Gasteiger partial charge in [0, 0.05) is 31.0 Å². The molecule has 3 rings (SSSR count). The van der Waals surface area contributed by atoms with E-state index >= 15 is 0 Å². The summed E-state index contributed by atoms with van der Waals surface area (Å²) in [5.74, 6) is -1.68. The lowest BCUT2D eigenvalue weighted by atomic mass is 9.97. The first-order valence-corrected chi connectivity index (χ1v) is 10.1. The summed E-state index contributed by atoms with van der Waals surface area (Å²) >= 11 is 0. The highest BCUT2D eigenvalue weighted by Gasteiger charge is 2.21. The molecule has 2 heterocycles. The molecule has 1 unspecified atom stereocenters. The van der Waals surface area contributed by atoms with Crippen molar-refractivity contribution in [2.45, 2.75) is 18.8 Å². The van der Waals surface area contributed by atoms with Gasteiger partial charge in [-0.15, -0.1) is 10.2 Å². The van der Waals surface area contributed by atoms with Crippen LogP contribution in [0.4, 0.5) is 13.2 Å². The van der Waals surface area contributed by atoms with Gasteiger partial charge in [0.2, 0.25) is 0 Å².